The van der Waals surface area contributed by atoms with Crippen LogP contribution in [-0.4, -0.2) is 53.2 Å². The molecule has 0 saturated heterocycles. The normalized spacial score (nSPS) is 11.7. The van der Waals surface area contributed by atoms with E-state index in [2.05, 4.69) is 16.0 Å². The van der Waals surface area contributed by atoms with Gasteiger partial charge in [-0.15, -0.1) is 0 Å². The molecule has 3 aromatic rings. The number of carboxylic acid groups (broad SMARTS) is 1. The van der Waals surface area contributed by atoms with Gasteiger partial charge in [-0.1, -0.05) is 45.0 Å². The number of ether oxygens (including phenoxy) is 1. The number of carboxylic acids is 1. The number of nitrogens with one attached hydrogen (secondary N) is 3. The highest BCUT2D eigenvalue weighted by Crippen LogP contribution is 2.22. The second-order valence-corrected chi connectivity index (χ2v) is 11.4. The van der Waals surface area contributed by atoms with Crippen molar-refractivity contribution in [1.82, 2.24) is 10.6 Å². The number of rotatable bonds is 14. The minimum atomic E-state index is -0.874. The van der Waals surface area contributed by atoms with Crippen molar-refractivity contribution in [3.05, 3.63) is 95.1 Å². The molecule has 5 N–H and O–H groups in total. The van der Waals surface area contributed by atoms with Crippen LogP contribution in [0.5, 0.6) is 5.75 Å². The van der Waals surface area contributed by atoms with E-state index in [0.29, 0.717) is 41.0 Å². The molecule has 43 heavy (non-hydrogen) atoms. The number of hydrogen-bond acceptors (Lipinski definition) is 6. The number of aliphatic hydroxyl groups excluding tert-OH is 1. The van der Waals surface area contributed by atoms with Crippen LogP contribution in [0.3, 0.4) is 0 Å². The summed E-state index contributed by atoms with van der Waals surface area (Å²) in [6, 6.07) is 19.5. The highest BCUT2D eigenvalue weighted by atomic mass is 16.5. The third-order valence-corrected chi connectivity index (χ3v) is 6.41. The Hall–Kier alpha value is -4.70. The lowest BCUT2D eigenvalue weighted by Gasteiger charge is -2.26. The summed E-state index contributed by atoms with van der Waals surface area (Å²) in [5, 5.41) is 26.3. The zero-order chi connectivity index (χ0) is 31.4. The van der Waals surface area contributed by atoms with E-state index >= 15 is 0 Å². The monoisotopic (exact) mass is 589 g/mol. The van der Waals surface area contributed by atoms with Gasteiger partial charge in [0, 0.05) is 29.8 Å². The van der Waals surface area contributed by atoms with Crippen molar-refractivity contribution in [2.75, 3.05) is 18.5 Å². The summed E-state index contributed by atoms with van der Waals surface area (Å²) >= 11 is 0. The number of benzene rings is 3. The lowest BCUT2D eigenvalue weighted by Crippen LogP contribution is -2.45. The van der Waals surface area contributed by atoms with Crippen LogP contribution in [0.4, 0.5) is 5.69 Å². The van der Waals surface area contributed by atoms with Crippen LogP contribution in [0.15, 0.2) is 72.8 Å². The molecule has 0 heterocycles. The first-order valence-corrected chi connectivity index (χ1v) is 14.1. The van der Waals surface area contributed by atoms with Crippen LogP contribution in [-0.2, 0) is 22.6 Å². The average Bonchev–Trinajstić information content (AvgIpc) is 2.97. The quantitative estimate of drug-likeness (QED) is 0.189. The van der Waals surface area contributed by atoms with E-state index in [1.54, 1.807) is 72.8 Å². The Labute approximate surface area is 251 Å². The molecule has 0 saturated carbocycles. The largest absolute Gasteiger partial charge is 0.491 e. The molecule has 10 heteroatoms. The summed E-state index contributed by atoms with van der Waals surface area (Å²) < 4.78 is 5.31. The highest BCUT2D eigenvalue weighted by Gasteiger charge is 2.27. The Morgan fingerprint density at radius 3 is 2.19 bits per heavy atom. The third-order valence-electron chi connectivity index (χ3n) is 6.41. The van der Waals surface area contributed by atoms with Crippen LogP contribution in [0.2, 0.25) is 0 Å². The number of aliphatic hydroxyl groups is 1. The zero-order valence-electron chi connectivity index (χ0n) is 24.7. The van der Waals surface area contributed by atoms with Gasteiger partial charge in [-0.05, 0) is 77.9 Å². The number of amides is 3. The first kappa shape index (κ1) is 32.8. The molecule has 0 aliphatic carbocycles. The van der Waals surface area contributed by atoms with Crippen molar-refractivity contribution in [3.8, 4) is 5.75 Å². The van der Waals surface area contributed by atoms with Crippen molar-refractivity contribution >= 4 is 29.4 Å². The summed E-state index contributed by atoms with van der Waals surface area (Å²) in [6.07, 6.45) is 0.805. The highest BCUT2D eigenvalue weighted by molar-refractivity contribution is 6.01. The lowest BCUT2D eigenvalue weighted by molar-refractivity contribution is -0.137. The molecule has 10 nitrogen and oxygen atoms in total. The van der Waals surface area contributed by atoms with Gasteiger partial charge in [0.1, 0.15) is 18.4 Å². The van der Waals surface area contributed by atoms with Crippen LogP contribution in [0.25, 0.3) is 0 Å². The van der Waals surface area contributed by atoms with E-state index in [1.165, 1.54) is 0 Å². The average molecular weight is 590 g/mol. The minimum Gasteiger partial charge on any atom is -0.491 e. The Bertz CT molecular complexity index is 1400. The number of carbonyl (C=O) groups is 4. The van der Waals surface area contributed by atoms with E-state index < -0.39 is 17.9 Å². The predicted octanol–water partition coefficient (Wildman–Crippen LogP) is 4.18. The van der Waals surface area contributed by atoms with Crippen molar-refractivity contribution in [2.45, 2.75) is 52.6 Å². The predicted molar refractivity (Wildman–Crippen MR) is 163 cm³/mol. The van der Waals surface area contributed by atoms with Crippen molar-refractivity contribution < 1.29 is 34.1 Å². The molecule has 0 aliphatic rings. The van der Waals surface area contributed by atoms with Gasteiger partial charge in [-0.2, -0.15) is 0 Å². The van der Waals surface area contributed by atoms with Crippen LogP contribution in [0.1, 0.15) is 65.5 Å². The molecule has 3 rings (SSSR count). The minimum absolute atomic E-state index is 0.0231. The second kappa shape index (κ2) is 15.5. The van der Waals surface area contributed by atoms with Crippen LogP contribution in [0, 0.1) is 5.41 Å². The van der Waals surface area contributed by atoms with Gasteiger partial charge >= 0.3 is 5.97 Å². The SMILES string of the molecule is CC(C)(C)C[C@H](NC(=O)c1cccc(CNC(=O)c2ccc(OCCO)cc2)c1)C(=O)Nc1ccc(CCC(=O)O)cc1. The van der Waals surface area contributed by atoms with Crippen LogP contribution >= 0.6 is 0 Å². The van der Waals surface area contributed by atoms with Crippen LogP contribution < -0.4 is 20.7 Å². The number of aryl methyl sites for hydroxylation is 1. The maximum atomic E-state index is 13.2. The molecule has 0 spiro atoms. The van der Waals surface area contributed by atoms with E-state index in [9.17, 15) is 19.2 Å². The molecular formula is C33H39N3O7. The Balaban J connectivity index is 1.62. The molecule has 0 fully saturated rings. The molecule has 0 bridgehead atoms. The fraction of sp³-hybridized carbons (Fsp3) is 0.333. The molecule has 1 atom stereocenters. The van der Waals surface area contributed by atoms with Crippen molar-refractivity contribution in [1.29, 1.82) is 0 Å². The van der Waals surface area contributed by atoms with Gasteiger partial charge in [-0.25, -0.2) is 0 Å². The van der Waals surface area contributed by atoms with Crippen molar-refractivity contribution in [2.24, 2.45) is 5.41 Å². The first-order valence-electron chi connectivity index (χ1n) is 14.1. The van der Waals surface area contributed by atoms with Gasteiger partial charge < -0.3 is 30.9 Å². The summed E-state index contributed by atoms with van der Waals surface area (Å²) in [6.45, 7) is 6.21. The standard InChI is InChI=1S/C33H39N3O7/c1-33(2,3)20-28(32(42)35-26-12-7-22(8-13-26)9-16-29(38)39)36-31(41)25-6-4-5-23(19-25)21-34-30(40)24-10-14-27(15-11-24)43-18-17-37/h4-8,10-15,19,28,37H,9,16-18,20-21H2,1-3H3,(H,34,40)(H,35,42)(H,36,41)(H,38,39)/t28-/m0/s1. The second-order valence-electron chi connectivity index (χ2n) is 11.4. The smallest absolute Gasteiger partial charge is 0.303 e. The molecule has 3 amide bonds. The topological polar surface area (TPSA) is 154 Å². The molecule has 0 aromatic heterocycles. The Kier molecular flexibility index (Phi) is 11.8. The van der Waals surface area contributed by atoms with E-state index in [0.717, 1.165) is 5.56 Å². The lowest BCUT2D eigenvalue weighted by atomic mass is 9.87. The zero-order valence-corrected chi connectivity index (χ0v) is 24.7. The molecule has 3 aromatic carbocycles. The molecule has 0 radical (unpaired) electrons. The fourth-order valence-corrected chi connectivity index (χ4v) is 4.27. The molecular weight excluding hydrogens is 550 g/mol. The maximum Gasteiger partial charge on any atom is 0.303 e. The molecule has 0 unspecified atom stereocenters. The van der Waals surface area contributed by atoms with E-state index in [4.69, 9.17) is 14.9 Å². The van der Waals surface area contributed by atoms with E-state index in [-0.39, 0.29) is 43.4 Å². The van der Waals surface area contributed by atoms with Gasteiger partial charge in [-0.3, -0.25) is 19.2 Å². The van der Waals surface area contributed by atoms with Crippen molar-refractivity contribution in [3.63, 3.8) is 0 Å². The summed E-state index contributed by atoms with van der Waals surface area (Å²) in [7, 11) is 0. The number of hydrogen-bond donors (Lipinski definition) is 5. The maximum absolute atomic E-state index is 13.2. The van der Waals surface area contributed by atoms with Gasteiger partial charge in [0.15, 0.2) is 0 Å². The summed E-state index contributed by atoms with van der Waals surface area (Å²) in [4.78, 5) is 49.9. The third kappa shape index (κ3) is 11.2. The van der Waals surface area contributed by atoms with E-state index in [1.807, 2.05) is 20.8 Å². The summed E-state index contributed by atoms with van der Waals surface area (Å²) in [5.41, 5.74) is 2.64. The number of anilines is 1. The first-order chi connectivity index (χ1) is 20.4. The summed E-state index contributed by atoms with van der Waals surface area (Å²) in [5.74, 6) is -1.40. The number of aliphatic carboxylic acids is 1. The number of carbonyl (C=O) groups excluding carboxylic acids is 3. The molecule has 228 valence electrons. The Morgan fingerprint density at radius 2 is 1.56 bits per heavy atom. The van der Waals surface area contributed by atoms with Gasteiger partial charge in [0.05, 0.1) is 6.61 Å². The van der Waals surface area contributed by atoms with Gasteiger partial charge in [0.25, 0.3) is 11.8 Å². The van der Waals surface area contributed by atoms with Gasteiger partial charge in [0.2, 0.25) is 5.91 Å². The molecule has 0 aliphatic heterocycles. The Morgan fingerprint density at radius 1 is 0.860 bits per heavy atom. The fourth-order valence-electron chi connectivity index (χ4n) is 4.27.